The van der Waals surface area contributed by atoms with Gasteiger partial charge in [0.15, 0.2) is 0 Å². The van der Waals surface area contributed by atoms with Crippen molar-refractivity contribution in [2.45, 2.75) is 20.0 Å². The minimum atomic E-state index is -0.208. The second-order valence-electron chi connectivity index (χ2n) is 6.40. The van der Waals surface area contributed by atoms with E-state index in [0.29, 0.717) is 22.8 Å². The molecule has 1 amide bonds. The number of ether oxygens (including phenoxy) is 2. The molecule has 0 spiro atoms. The van der Waals surface area contributed by atoms with E-state index >= 15 is 0 Å². The van der Waals surface area contributed by atoms with Crippen LogP contribution in [-0.2, 0) is 0 Å². The number of carbonyl (C=O) groups is 1. The largest absolute Gasteiger partial charge is 0.497 e. The molecular formula is C22H23N3O3. The molecule has 2 aromatic carbocycles. The van der Waals surface area contributed by atoms with Gasteiger partial charge in [-0.25, -0.2) is 4.98 Å². The summed E-state index contributed by atoms with van der Waals surface area (Å²) >= 11 is 0. The molecule has 0 saturated heterocycles. The van der Waals surface area contributed by atoms with Crippen LogP contribution in [0.25, 0.3) is 0 Å². The van der Waals surface area contributed by atoms with E-state index in [9.17, 15) is 4.79 Å². The lowest BCUT2D eigenvalue weighted by atomic mass is 10.2. The van der Waals surface area contributed by atoms with Crippen molar-refractivity contribution in [1.82, 2.24) is 4.98 Å². The molecule has 1 aromatic heterocycles. The van der Waals surface area contributed by atoms with Gasteiger partial charge < -0.3 is 20.1 Å². The third-order valence-electron chi connectivity index (χ3n) is 3.89. The first-order valence-electron chi connectivity index (χ1n) is 8.99. The Labute approximate surface area is 164 Å². The van der Waals surface area contributed by atoms with Crippen LogP contribution in [0.1, 0.15) is 24.2 Å². The van der Waals surface area contributed by atoms with E-state index in [1.807, 2.05) is 38.1 Å². The molecule has 0 aliphatic carbocycles. The van der Waals surface area contributed by atoms with Gasteiger partial charge >= 0.3 is 0 Å². The summed E-state index contributed by atoms with van der Waals surface area (Å²) in [5.41, 5.74) is 1.99. The Morgan fingerprint density at radius 2 is 1.75 bits per heavy atom. The number of nitrogens with zero attached hydrogens (tertiary/aromatic N) is 1. The van der Waals surface area contributed by atoms with Crippen LogP contribution in [0.2, 0.25) is 0 Å². The molecular weight excluding hydrogens is 354 g/mol. The van der Waals surface area contributed by atoms with Crippen molar-refractivity contribution in [3.05, 3.63) is 72.4 Å². The van der Waals surface area contributed by atoms with Gasteiger partial charge in [-0.1, -0.05) is 12.1 Å². The highest BCUT2D eigenvalue weighted by Gasteiger charge is 2.08. The lowest BCUT2D eigenvalue weighted by Crippen LogP contribution is -2.12. The number of hydrogen-bond donors (Lipinski definition) is 2. The van der Waals surface area contributed by atoms with E-state index in [1.165, 1.54) is 0 Å². The van der Waals surface area contributed by atoms with Gasteiger partial charge in [0.05, 0.1) is 30.8 Å². The van der Waals surface area contributed by atoms with Gasteiger partial charge in [-0.2, -0.15) is 0 Å². The SMILES string of the molecule is COc1ccc(C(=O)Nc2ccc(Nc3ccccc3OC(C)C)nc2)cc1. The van der Waals surface area contributed by atoms with Gasteiger partial charge in [0.1, 0.15) is 17.3 Å². The maximum absolute atomic E-state index is 12.3. The van der Waals surface area contributed by atoms with E-state index in [1.54, 1.807) is 49.7 Å². The van der Waals surface area contributed by atoms with Crippen LogP contribution in [0.4, 0.5) is 17.2 Å². The Balaban J connectivity index is 1.66. The Morgan fingerprint density at radius 1 is 1.00 bits per heavy atom. The van der Waals surface area contributed by atoms with Crippen LogP contribution in [0.3, 0.4) is 0 Å². The molecule has 6 nitrogen and oxygen atoms in total. The minimum Gasteiger partial charge on any atom is -0.497 e. The highest BCUT2D eigenvalue weighted by atomic mass is 16.5. The summed E-state index contributed by atoms with van der Waals surface area (Å²) in [7, 11) is 1.59. The van der Waals surface area contributed by atoms with Gasteiger partial charge in [0.2, 0.25) is 0 Å². The lowest BCUT2D eigenvalue weighted by molar-refractivity contribution is 0.102. The molecule has 2 N–H and O–H groups in total. The summed E-state index contributed by atoms with van der Waals surface area (Å²) in [6.45, 7) is 3.96. The maximum Gasteiger partial charge on any atom is 0.255 e. The first-order valence-corrected chi connectivity index (χ1v) is 8.99. The number of hydrogen-bond acceptors (Lipinski definition) is 5. The van der Waals surface area contributed by atoms with Crippen molar-refractivity contribution in [2.24, 2.45) is 0 Å². The predicted octanol–water partition coefficient (Wildman–Crippen LogP) is 4.87. The minimum absolute atomic E-state index is 0.0754. The number of carbonyl (C=O) groups excluding carboxylic acids is 1. The third kappa shape index (κ3) is 5.01. The quantitative estimate of drug-likeness (QED) is 0.614. The topological polar surface area (TPSA) is 72.5 Å². The summed E-state index contributed by atoms with van der Waals surface area (Å²) in [5.74, 6) is 1.91. The molecule has 0 aliphatic heterocycles. The molecule has 3 rings (SSSR count). The average molecular weight is 377 g/mol. The predicted molar refractivity (Wildman–Crippen MR) is 111 cm³/mol. The molecule has 0 saturated carbocycles. The maximum atomic E-state index is 12.3. The van der Waals surface area contributed by atoms with Gasteiger partial charge in [-0.05, 0) is 62.4 Å². The first-order chi connectivity index (χ1) is 13.5. The normalized spacial score (nSPS) is 10.4. The summed E-state index contributed by atoms with van der Waals surface area (Å²) < 4.78 is 10.9. The summed E-state index contributed by atoms with van der Waals surface area (Å²) in [4.78, 5) is 16.7. The molecule has 0 unspecified atom stereocenters. The fourth-order valence-electron chi connectivity index (χ4n) is 2.55. The van der Waals surface area contributed by atoms with Crippen LogP contribution in [0.15, 0.2) is 66.9 Å². The fourth-order valence-corrected chi connectivity index (χ4v) is 2.55. The van der Waals surface area contributed by atoms with Crippen LogP contribution < -0.4 is 20.1 Å². The van der Waals surface area contributed by atoms with Crippen molar-refractivity contribution in [3.63, 3.8) is 0 Å². The number of pyridine rings is 1. The van der Waals surface area contributed by atoms with Crippen molar-refractivity contribution < 1.29 is 14.3 Å². The average Bonchev–Trinajstić information content (AvgIpc) is 2.70. The summed E-state index contributed by atoms with van der Waals surface area (Å²) in [6.07, 6.45) is 1.68. The first kappa shape index (κ1) is 19.2. The Bertz CT molecular complexity index is 923. The Morgan fingerprint density at radius 3 is 2.39 bits per heavy atom. The molecule has 0 fully saturated rings. The zero-order valence-electron chi connectivity index (χ0n) is 16.1. The molecule has 1 heterocycles. The number of amides is 1. The van der Waals surface area contributed by atoms with Crippen LogP contribution in [0.5, 0.6) is 11.5 Å². The third-order valence-corrected chi connectivity index (χ3v) is 3.89. The zero-order valence-corrected chi connectivity index (χ0v) is 16.1. The number of nitrogens with one attached hydrogen (secondary N) is 2. The van der Waals surface area contributed by atoms with Crippen molar-refractivity contribution in [2.75, 3.05) is 17.7 Å². The summed E-state index contributed by atoms with van der Waals surface area (Å²) in [5, 5.41) is 6.07. The number of para-hydroxylation sites is 2. The fraction of sp³-hybridized carbons (Fsp3) is 0.182. The standard InChI is InChI=1S/C22H23N3O3/c1-15(2)28-20-7-5-4-6-19(20)25-21-13-10-17(14-23-21)24-22(26)16-8-11-18(27-3)12-9-16/h4-15H,1-3H3,(H,23,25)(H,24,26). The Kier molecular flexibility index (Phi) is 6.11. The highest BCUT2D eigenvalue weighted by Crippen LogP contribution is 2.27. The molecule has 0 aliphatic rings. The monoisotopic (exact) mass is 377 g/mol. The number of methoxy groups -OCH3 is 1. The van der Waals surface area contributed by atoms with Crippen molar-refractivity contribution >= 4 is 23.1 Å². The van der Waals surface area contributed by atoms with Gasteiger partial charge in [-0.3, -0.25) is 4.79 Å². The number of benzene rings is 2. The molecule has 28 heavy (non-hydrogen) atoms. The highest BCUT2D eigenvalue weighted by molar-refractivity contribution is 6.04. The van der Waals surface area contributed by atoms with Gasteiger partial charge in [0.25, 0.3) is 5.91 Å². The summed E-state index contributed by atoms with van der Waals surface area (Å²) in [6, 6.07) is 18.2. The molecule has 144 valence electrons. The van der Waals surface area contributed by atoms with Crippen LogP contribution in [0, 0.1) is 0 Å². The van der Waals surface area contributed by atoms with Crippen LogP contribution in [-0.4, -0.2) is 24.1 Å². The number of aromatic nitrogens is 1. The van der Waals surface area contributed by atoms with E-state index in [4.69, 9.17) is 9.47 Å². The number of rotatable bonds is 7. The van der Waals surface area contributed by atoms with Crippen LogP contribution >= 0.6 is 0 Å². The molecule has 6 heteroatoms. The van der Waals surface area contributed by atoms with E-state index in [2.05, 4.69) is 15.6 Å². The van der Waals surface area contributed by atoms with Crippen molar-refractivity contribution in [3.8, 4) is 11.5 Å². The Hall–Kier alpha value is -3.54. The second-order valence-corrected chi connectivity index (χ2v) is 6.40. The smallest absolute Gasteiger partial charge is 0.255 e. The zero-order chi connectivity index (χ0) is 19.9. The van der Waals surface area contributed by atoms with Gasteiger partial charge in [-0.15, -0.1) is 0 Å². The number of anilines is 3. The van der Waals surface area contributed by atoms with E-state index in [-0.39, 0.29) is 12.0 Å². The second kappa shape index (κ2) is 8.90. The van der Waals surface area contributed by atoms with E-state index in [0.717, 1.165) is 11.4 Å². The molecule has 0 atom stereocenters. The van der Waals surface area contributed by atoms with Gasteiger partial charge in [0, 0.05) is 5.56 Å². The molecule has 3 aromatic rings. The lowest BCUT2D eigenvalue weighted by Gasteiger charge is -2.15. The van der Waals surface area contributed by atoms with E-state index < -0.39 is 0 Å². The van der Waals surface area contributed by atoms with Crippen molar-refractivity contribution in [1.29, 1.82) is 0 Å². The molecule has 0 radical (unpaired) electrons. The molecule has 0 bridgehead atoms.